The van der Waals surface area contributed by atoms with Gasteiger partial charge in [0, 0.05) is 5.56 Å². The highest BCUT2D eigenvalue weighted by Gasteiger charge is 2.37. The molecule has 2 aromatic carbocycles. The van der Waals surface area contributed by atoms with Gasteiger partial charge in [0.05, 0.1) is 9.75 Å². The van der Waals surface area contributed by atoms with E-state index in [-0.39, 0.29) is 5.75 Å². The van der Waals surface area contributed by atoms with Crippen molar-refractivity contribution < 1.29 is 10.2 Å². The van der Waals surface area contributed by atoms with E-state index in [1.54, 1.807) is 6.07 Å². The Bertz CT molecular complexity index is 1010. The Balaban J connectivity index is 1.98. The Kier molecular flexibility index (Phi) is 4.64. The first kappa shape index (κ1) is 18.0. The fraction of sp³-hybridized carbons (Fsp3) is 0.130. The van der Waals surface area contributed by atoms with Crippen LogP contribution in [0, 0.1) is 13.8 Å². The van der Waals surface area contributed by atoms with Gasteiger partial charge in [0.1, 0.15) is 11.4 Å². The SMILES string of the molecule is Cc1ccc(C(O)(c2ccc(C)cc2)c2ccsc2-c2sccc2O)cc1. The van der Waals surface area contributed by atoms with E-state index in [0.29, 0.717) is 0 Å². The van der Waals surface area contributed by atoms with Gasteiger partial charge in [-0.3, -0.25) is 0 Å². The average molecular weight is 393 g/mol. The minimum Gasteiger partial charge on any atom is -0.506 e. The monoisotopic (exact) mass is 392 g/mol. The normalized spacial score (nSPS) is 11.7. The number of benzene rings is 2. The van der Waals surface area contributed by atoms with Gasteiger partial charge in [-0.1, -0.05) is 59.7 Å². The number of hydrogen-bond donors (Lipinski definition) is 2. The molecule has 2 aromatic heterocycles. The molecule has 0 unspecified atom stereocenters. The first-order chi connectivity index (χ1) is 13.0. The van der Waals surface area contributed by atoms with Crippen molar-refractivity contribution in [2.45, 2.75) is 19.4 Å². The quantitative estimate of drug-likeness (QED) is 0.442. The van der Waals surface area contributed by atoms with Crippen LogP contribution in [0.15, 0.2) is 71.4 Å². The Labute approximate surface area is 167 Å². The molecule has 0 saturated carbocycles. The second kappa shape index (κ2) is 6.97. The molecule has 2 N–H and O–H groups in total. The highest BCUT2D eigenvalue weighted by atomic mass is 32.1. The van der Waals surface area contributed by atoms with Crippen LogP contribution in [-0.4, -0.2) is 10.2 Å². The molecule has 0 radical (unpaired) electrons. The Morgan fingerprint density at radius 1 is 0.667 bits per heavy atom. The van der Waals surface area contributed by atoms with Crippen molar-refractivity contribution in [3.05, 3.63) is 99.2 Å². The van der Waals surface area contributed by atoms with Crippen molar-refractivity contribution in [3.8, 4) is 15.5 Å². The van der Waals surface area contributed by atoms with Crippen LogP contribution in [0.3, 0.4) is 0 Å². The molecule has 0 aliphatic carbocycles. The van der Waals surface area contributed by atoms with Crippen molar-refractivity contribution >= 4 is 22.7 Å². The van der Waals surface area contributed by atoms with Crippen molar-refractivity contribution in [2.75, 3.05) is 0 Å². The van der Waals surface area contributed by atoms with Crippen molar-refractivity contribution in [1.82, 2.24) is 0 Å². The van der Waals surface area contributed by atoms with Gasteiger partial charge in [-0.15, -0.1) is 22.7 Å². The van der Waals surface area contributed by atoms with Gasteiger partial charge in [0.15, 0.2) is 0 Å². The van der Waals surface area contributed by atoms with Crippen LogP contribution in [0.1, 0.15) is 27.8 Å². The van der Waals surface area contributed by atoms with E-state index in [0.717, 1.165) is 37.6 Å². The van der Waals surface area contributed by atoms with Crippen LogP contribution in [0.4, 0.5) is 0 Å². The predicted octanol–water partition coefficient (Wildman–Crippen LogP) is 6.08. The van der Waals surface area contributed by atoms with E-state index in [1.807, 2.05) is 79.2 Å². The molecule has 0 aliphatic heterocycles. The standard InChI is InChI=1S/C23H20O2S2/c1-15-3-7-17(8-4-15)23(25,18-9-5-16(2)6-10-18)19-11-13-26-21(19)22-20(24)12-14-27-22/h3-14,24-25H,1-2H3. The molecule has 0 fully saturated rings. The summed E-state index contributed by atoms with van der Waals surface area (Å²) in [6, 6.07) is 19.6. The van der Waals surface area contributed by atoms with Crippen LogP contribution >= 0.6 is 22.7 Å². The molecule has 0 bridgehead atoms. The number of aryl methyl sites for hydroxylation is 2. The lowest BCUT2D eigenvalue weighted by molar-refractivity contribution is 0.126. The third kappa shape index (κ3) is 3.10. The highest BCUT2D eigenvalue weighted by Crippen LogP contribution is 2.47. The number of rotatable bonds is 4. The molecule has 0 aliphatic rings. The van der Waals surface area contributed by atoms with Gasteiger partial charge in [0.25, 0.3) is 0 Å². The molecular formula is C23H20O2S2. The number of thiophene rings is 2. The third-order valence-corrected chi connectivity index (χ3v) is 6.83. The minimum atomic E-state index is -1.30. The second-order valence-electron chi connectivity index (χ2n) is 6.74. The van der Waals surface area contributed by atoms with Gasteiger partial charge in [-0.2, -0.15) is 0 Å². The van der Waals surface area contributed by atoms with Gasteiger partial charge >= 0.3 is 0 Å². The number of aliphatic hydroxyl groups is 1. The summed E-state index contributed by atoms with van der Waals surface area (Å²) in [6.45, 7) is 4.07. The number of aromatic hydroxyl groups is 1. The highest BCUT2D eigenvalue weighted by molar-refractivity contribution is 7.20. The summed E-state index contributed by atoms with van der Waals surface area (Å²) in [7, 11) is 0. The zero-order valence-corrected chi connectivity index (χ0v) is 16.8. The predicted molar refractivity (Wildman–Crippen MR) is 114 cm³/mol. The summed E-state index contributed by atoms with van der Waals surface area (Å²) in [5, 5.41) is 26.2. The topological polar surface area (TPSA) is 40.5 Å². The lowest BCUT2D eigenvalue weighted by atomic mass is 9.80. The van der Waals surface area contributed by atoms with Crippen LogP contribution < -0.4 is 0 Å². The zero-order valence-electron chi connectivity index (χ0n) is 15.1. The average Bonchev–Trinajstić information content (AvgIpc) is 3.31. The molecule has 2 nitrogen and oxygen atoms in total. The molecule has 4 aromatic rings. The first-order valence-corrected chi connectivity index (χ1v) is 10.5. The van der Waals surface area contributed by atoms with Crippen LogP contribution in [0.5, 0.6) is 5.75 Å². The molecular weight excluding hydrogens is 372 g/mol. The summed E-state index contributed by atoms with van der Waals surface area (Å²) in [5.74, 6) is 0.249. The van der Waals surface area contributed by atoms with Crippen molar-refractivity contribution in [1.29, 1.82) is 0 Å². The van der Waals surface area contributed by atoms with Gasteiger partial charge < -0.3 is 10.2 Å². The molecule has 0 amide bonds. The van der Waals surface area contributed by atoms with E-state index in [2.05, 4.69) is 0 Å². The molecule has 4 rings (SSSR count). The zero-order chi connectivity index (χ0) is 19.0. The smallest absolute Gasteiger partial charge is 0.142 e. The summed E-state index contributed by atoms with van der Waals surface area (Å²) < 4.78 is 0. The van der Waals surface area contributed by atoms with Gasteiger partial charge in [-0.05, 0) is 47.9 Å². The summed E-state index contributed by atoms with van der Waals surface area (Å²) >= 11 is 3.02. The Hall–Kier alpha value is -2.40. The van der Waals surface area contributed by atoms with E-state index >= 15 is 0 Å². The van der Waals surface area contributed by atoms with Crippen LogP contribution in [0.2, 0.25) is 0 Å². The van der Waals surface area contributed by atoms with Gasteiger partial charge in [-0.25, -0.2) is 0 Å². The van der Waals surface area contributed by atoms with E-state index in [9.17, 15) is 10.2 Å². The molecule has 136 valence electrons. The summed E-state index contributed by atoms with van der Waals surface area (Å²) in [6.07, 6.45) is 0. The number of hydrogen-bond acceptors (Lipinski definition) is 4. The molecule has 0 atom stereocenters. The maximum absolute atomic E-state index is 12.1. The molecule has 0 spiro atoms. The molecule has 4 heteroatoms. The second-order valence-corrected chi connectivity index (χ2v) is 8.57. The summed E-state index contributed by atoms with van der Waals surface area (Å²) in [4.78, 5) is 1.68. The molecule has 2 heterocycles. The Morgan fingerprint density at radius 3 is 1.63 bits per heavy atom. The fourth-order valence-electron chi connectivity index (χ4n) is 3.31. The van der Waals surface area contributed by atoms with Crippen molar-refractivity contribution in [3.63, 3.8) is 0 Å². The minimum absolute atomic E-state index is 0.249. The molecule has 0 saturated heterocycles. The first-order valence-electron chi connectivity index (χ1n) is 8.71. The molecule has 27 heavy (non-hydrogen) atoms. The summed E-state index contributed by atoms with van der Waals surface area (Å²) in [5.41, 5.74) is 3.41. The van der Waals surface area contributed by atoms with Crippen LogP contribution in [-0.2, 0) is 5.60 Å². The van der Waals surface area contributed by atoms with Gasteiger partial charge in [0.2, 0.25) is 0 Å². The maximum atomic E-state index is 12.1. The fourth-order valence-corrected chi connectivity index (χ4v) is 5.23. The largest absolute Gasteiger partial charge is 0.506 e. The van der Waals surface area contributed by atoms with Crippen molar-refractivity contribution in [2.24, 2.45) is 0 Å². The lowest BCUT2D eigenvalue weighted by Crippen LogP contribution is -2.29. The van der Waals surface area contributed by atoms with E-state index in [1.165, 1.54) is 22.7 Å². The van der Waals surface area contributed by atoms with Crippen LogP contribution in [0.25, 0.3) is 9.75 Å². The third-order valence-electron chi connectivity index (χ3n) is 4.84. The van der Waals surface area contributed by atoms with E-state index < -0.39 is 5.60 Å². The lowest BCUT2D eigenvalue weighted by Gasteiger charge is -2.30. The Morgan fingerprint density at radius 2 is 1.15 bits per heavy atom. The maximum Gasteiger partial charge on any atom is 0.142 e. The van der Waals surface area contributed by atoms with E-state index in [4.69, 9.17) is 0 Å².